The van der Waals surface area contributed by atoms with E-state index < -0.39 is 0 Å². The number of halogens is 1. The monoisotopic (exact) mass is 345 g/mol. The molecule has 2 fully saturated rings. The molecule has 0 amide bonds. The number of piperazine rings is 1. The zero-order valence-electron chi connectivity index (χ0n) is 15.7. The van der Waals surface area contributed by atoms with E-state index in [-0.39, 0.29) is 5.82 Å². The number of rotatable bonds is 5. The molecule has 0 radical (unpaired) electrons. The van der Waals surface area contributed by atoms with E-state index in [4.69, 9.17) is 0 Å². The molecular formula is C21H32FN3. The van der Waals surface area contributed by atoms with Gasteiger partial charge in [-0.2, -0.15) is 0 Å². The third-order valence-electron chi connectivity index (χ3n) is 5.97. The fourth-order valence-corrected chi connectivity index (χ4v) is 4.06. The molecule has 3 rings (SSSR count). The SMILES string of the molecule is C[C@H](C1CCN(C/C=C/c2ccc(F)cc2)CC1)N1CCN(C)CC1. The van der Waals surface area contributed by atoms with Gasteiger partial charge in [0.15, 0.2) is 0 Å². The Kier molecular flexibility index (Phi) is 6.63. The van der Waals surface area contributed by atoms with Crippen LogP contribution in [0.25, 0.3) is 6.08 Å². The van der Waals surface area contributed by atoms with Gasteiger partial charge in [0.05, 0.1) is 0 Å². The Morgan fingerprint density at radius 2 is 1.68 bits per heavy atom. The predicted molar refractivity (Wildman–Crippen MR) is 103 cm³/mol. The molecule has 0 unspecified atom stereocenters. The van der Waals surface area contributed by atoms with Crippen LogP contribution in [0.5, 0.6) is 0 Å². The molecule has 0 bridgehead atoms. The maximum absolute atomic E-state index is 12.9. The quantitative estimate of drug-likeness (QED) is 0.811. The highest BCUT2D eigenvalue weighted by atomic mass is 19.1. The molecule has 0 aromatic heterocycles. The summed E-state index contributed by atoms with van der Waals surface area (Å²) in [4.78, 5) is 7.65. The third-order valence-corrected chi connectivity index (χ3v) is 5.97. The fourth-order valence-electron chi connectivity index (χ4n) is 4.06. The lowest BCUT2D eigenvalue weighted by Crippen LogP contribution is -2.51. The maximum atomic E-state index is 12.9. The Labute approximate surface area is 152 Å². The number of hydrogen-bond donors (Lipinski definition) is 0. The van der Waals surface area contributed by atoms with Crippen LogP contribution in [-0.4, -0.2) is 73.6 Å². The molecule has 25 heavy (non-hydrogen) atoms. The zero-order valence-corrected chi connectivity index (χ0v) is 15.7. The van der Waals surface area contributed by atoms with E-state index in [0.29, 0.717) is 6.04 Å². The van der Waals surface area contributed by atoms with Crippen LogP contribution in [0.4, 0.5) is 4.39 Å². The molecule has 2 aliphatic heterocycles. The summed E-state index contributed by atoms with van der Waals surface area (Å²) in [6.45, 7) is 10.7. The predicted octanol–water partition coefficient (Wildman–Crippen LogP) is 3.19. The Morgan fingerprint density at radius 1 is 1.04 bits per heavy atom. The maximum Gasteiger partial charge on any atom is 0.123 e. The highest BCUT2D eigenvalue weighted by Gasteiger charge is 2.28. The van der Waals surface area contributed by atoms with Gasteiger partial charge in [-0.3, -0.25) is 9.80 Å². The van der Waals surface area contributed by atoms with E-state index >= 15 is 0 Å². The van der Waals surface area contributed by atoms with Crippen molar-refractivity contribution in [3.05, 3.63) is 41.7 Å². The van der Waals surface area contributed by atoms with Gasteiger partial charge in [-0.25, -0.2) is 4.39 Å². The van der Waals surface area contributed by atoms with E-state index in [1.165, 1.54) is 64.2 Å². The van der Waals surface area contributed by atoms with Crippen molar-refractivity contribution in [1.82, 2.24) is 14.7 Å². The molecule has 1 aromatic carbocycles. The molecule has 3 nitrogen and oxygen atoms in total. The smallest absolute Gasteiger partial charge is 0.123 e. The van der Waals surface area contributed by atoms with Gasteiger partial charge in [0, 0.05) is 38.8 Å². The lowest BCUT2D eigenvalue weighted by Gasteiger charge is -2.42. The molecule has 1 atom stereocenters. The summed E-state index contributed by atoms with van der Waals surface area (Å²) < 4.78 is 12.9. The molecular weight excluding hydrogens is 313 g/mol. The first kappa shape index (κ1) is 18.6. The highest BCUT2D eigenvalue weighted by Crippen LogP contribution is 2.24. The largest absolute Gasteiger partial charge is 0.304 e. The van der Waals surface area contributed by atoms with Gasteiger partial charge in [0.1, 0.15) is 5.82 Å². The molecule has 0 N–H and O–H groups in total. The Bertz CT molecular complexity index is 541. The second-order valence-electron chi connectivity index (χ2n) is 7.67. The van der Waals surface area contributed by atoms with E-state index in [9.17, 15) is 4.39 Å². The van der Waals surface area contributed by atoms with Crippen LogP contribution in [0.2, 0.25) is 0 Å². The summed E-state index contributed by atoms with van der Waals surface area (Å²) >= 11 is 0. The summed E-state index contributed by atoms with van der Waals surface area (Å²) in [5.41, 5.74) is 1.07. The highest BCUT2D eigenvalue weighted by molar-refractivity contribution is 5.48. The van der Waals surface area contributed by atoms with Crippen molar-refractivity contribution in [3.63, 3.8) is 0 Å². The zero-order chi connectivity index (χ0) is 17.6. The van der Waals surface area contributed by atoms with Crippen molar-refractivity contribution in [2.75, 3.05) is 52.9 Å². The number of benzene rings is 1. The van der Waals surface area contributed by atoms with Gasteiger partial charge in [0.25, 0.3) is 0 Å². The van der Waals surface area contributed by atoms with Crippen LogP contribution in [0.3, 0.4) is 0 Å². The first-order valence-electron chi connectivity index (χ1n) is 9.69. The van der Waals surface area contributed by atoms with Crippen LogP contribution in [0.15, 0.2) is 30.3 Å². The van der Waals surface area contributed by atoms with Crippen molar-refractivity contribution in [3.8, 4) is 0 Å². The van der Waals surface area contributed by atoms with Gasteiger partial charge in [-0.05, 0) is 63.5 Å². The minimum Gasteiger partial charge on any atom is -0.304 e. The normalized spacial score (nSPS) is 23.3. The van der Waals surface area contributed by atoms with Crippen LogP contribution >= 0.6 is 0 Å². The molecule has 0 spiro atoms. The van der Waals surface area contributed by atoms with Gasteiger partial charge in [0.2, 0.25) is 0 Å². The van der Waals surface area contributed by atoms with Crippen LogP contribution in [0.1, 0.15) is 25.3 Å². The topological polar surface area (TPSA) is 9.72 Å². The van der Waals surface area contributed by atoms with Gasteiger partial charge < -0.3 is 4.90 Å². The summed E-state index contributed by atoms with van der Waals surface area (Å²) in [5.74, 6) is 0.662. The molecule has 2 saturated heterocycles. The minimum absolute atomic E-state index is 0.173. The molecule has 2 heterocycles. The molecule has 0 saturated carbocycles. The lowest BCUT2D eigenvalue weighted by molar-refractivity contribution is 0.0635. The molecule has 1 aromatic rings. The Balaban J connectivity index is 1.40. The van der Waals surface area contributed by atoms with E-state index in [0.717, 1.165) is 18.0 Å². The number of likely N-dealkylation sites (N-methyl/N-ethyl adjacent to an activating group) is 1. The second kappa shape index (κ2) is 8.93. The lowest BCUT2D eigenvalue weighted by atomic mass is 9.89. The standard InChI is InChI=1S/C21H32FN3/c1-18(25-16-14-23(2)15-17-25)20-9-12-24(13-10-20)11-3-4-19-5-7-21(22)8-6-19/h3-8,18,20H,9-17H2,1-2H3/b4-3+/t18-/m1/s1. The first-order valence-corrected chi connectivity index (χ1v) is 9.69. The summed E-state index contributed by atoms with van der Waals surface area (Å²) in [6, 6.07) is 7.41. The van der Waals surface area contributed by atoms with E-state index in [2.05, 4.69) is 40.8 Å². The Morgan fingerprint density at radius 3 is 2.32 bits per heavy atom. The third kappa shape index (κ3) is 5.37. The number of nitrogens with zero attached hydrogens (tertiary/aromatic N) is 3. The van der Waals surface area contributed by atoms with E-state index in [1.54, 1.807) is 0 Å². The van der Waals surface area contributed by atoms with Crippen molar-refractivity contribution in [1.29, 1.82) is 0 Å². The summed E-state index contributed by atoms with van der Waals surface area (Å²) in [7, 11) is 2.22. The minimum atomic E-state index is -0.173. The Hall–Kier alpha value is -1.23. The van der Waals surface area contributed by atoms with Gasteiger partial charge in [-0.1, -0.05) is 24.3 Å². The summed E-state index contributed by atoms with van der Waals surface area (Å²) in [5, 5.41) is 0. The number of piperidine rings is 1. The van der Waals surface area contributed by atoms with Crippen LogP contribution < -0.4 is 0 Å². The van der Waals surface area contributed by atoms with Gasteiger partial charge in [-0.15, -0.1) is 0 Å². The average molecular weight is 346 g/mol. The van der Waals surface area contributed by atoms with Crippen molar-refractivity contribution in [2.24, 2.45) is 5.92 Å². The molecule has 2 aliphatic rings. The number of hydrogen-bond acceptors (Lipinski definition) is 3. The van der Waals surface area contributed by atoms with Crippen molar-refractivity contribution in [2.45, 2.75) is 25.8 Å². The summed E-state index contributed by atoms with van der Waals surface area (Å²) in [6.07, 6.45) is 6.91. The van der Waals surface area contributed by atoms with Crippen molar-refractivity contribution >= 4 is 6.08 Å². The first-order chi connectivity index (χ1) is 12.1. The van der Waals surface area contributed by atoms with Crippen LogP contribution in [-0.2, 0) is 0 Å². The molecule has 0 aliphatic carbocycles. The average Bonchev–Trinajstić information content (AvgIpc) is 2.64. The van der Waals surface area contributed by atoms with Gasteiger partial charge >= 0.3 is 0 Å². The van der Waals surface area contributed by atoms with Crippen LogP contribution in [0, 0.1) is 11.7 Å². The number of likely N-dealkylation sites (tertiary alicyclic amines) is 1. The second-order valence-corrected chi connectivity index (χ2v) is 7.67. The molecule has 4 heteroatoms. The van der Waals surface area contributed by atoms with E-state index in [1.807, 2.05) is 12.1 Å². The van der Waals surface area contributed by atoms with Crippen molar-refractivity contribution < 1.29 is 4.39 Å². The molecule has 138 valence electrons. The fraction of sp³-hybridized carbons (Fsp3) is 0.619.